The highest BCUT2D eigenvalue weighted by molar-refractivity contribution is 6.28. The number of nitrogens with one attached hydrogen (secondary N) is 1. The van der Waals surface area contributed by atoms with Gasteiger partial charge in [-0.25, -0.2) is 0 Å². The maximum Gasteiger partial charge on any atom is 0.322 e. The molecule has 17 heavy (non-hydrogen) atoms. The fourth-order valence-electron chi connectivity index (χ4n) is 1.23. The van der Waals surface area contributed by atoms with E-state index in [0.717, 1.165) is 0 Å². The van der Waals surface area contributed by atoms with E-state index in [-0.39, 0.29) is 17.3 Å². The van der Waals surface area contributed by atoms with Gasteiger partial charge >= 0.3 is 6.01 Å². The summed E-state index contributed by atoms with van der Waals surface area (Å²) in [4.78, 5) is 11.8. The van der Waals surface area contributed by atoms with Gasteiger partial charge in [0, 0.05) is 7.11 Å². The molecule has 0 amide bonds. The van der Waals surface area contributed by atoms with Crippen LogP contribution in [0.1, 0.15) is 13.8 Å². The molecule has 0 aromatic carbocycles. The summed E-state index contributed by atoms with van der Waals surface area (Å²) in [6.45, 7) is 4.72. The van der Waals surface area contributed by atoms with Crippen LogP contribution >= 0.6 is 11.6 Å². The lowest BCUT2D eigenvalue weighted by Gasteiger charge is -2.21. The van der Waals surface area contributed by atoms with E-state index in [0.29, 0.717) is 18.5 Å². The number of methoxy groups -OCH3 is 2. The fraction of sp³-hybridized carbons (Fsp3) is 0.700. The number of ether oxygens (including phenoxy) is 2. The second-order valence-electron chi connectivity index (χ2n) is 3.86. The van der Waals surface area contributed by atoms with Crippen molar-refractivity contribution in [1.82, 2.24) is 15.0 Å². The average Bonchev–Trinajstić information content (AvgIpc) is 2.27. The Morgan fingerprint density at radius 2 is 1.94 bits per heavy atom. The van der Waals surface area contributed by atoms with Gasteiger partial charge in [-0.05, 0) is 17.5 Å². The highest BCUT2D eigenvalue weighted by atomic mass is 35.5. The van der Waals surface area contributed by atoms with Crippen molar-refractivity contribution in [3.63, 3.8) is 0 Å². The summed E-state index contributed by atoms with van der Waals surface area (Å²) in [5.41, 5.74) is 0. The van der Waals surface area contributed by atoms with Gasteiger partial charge in [0.05, 0.1) is 19.8 Å². The molecule has 1 N–H and O–H groups in total. The van der Waals surface area contributed by atoms with E-state index in [4.69, 9.17) is 21.1 Å². The van der Waals surface area contributed by atoms with Crippen molar-refractivity contribution in [1.29, 1.82) is 0 Å². The second kappa shape index (κ2) is 6.56. The number of rotatable bonds is 6. The number of anilines is 1. The van der Waals surface area contributed by atoms with Crippen molar-refractivity contribution >= 4 is 17.5 Å². The topological polar surface area (TPSA) is 69.2 Å². The minimum atomic E-state index is 0.0965. The maximum absolute atomic E-state index is 5.76. The quantitative estimate of drug-likeness (QED) is 0.838. The first-order valence-electron chi connectivity index (χ1n) is 5.27. The first kappa shape index (κ1) is 13.9. The van der Waals surface area contributed by atoms with Crippen molar-refractivity contribution in [3.05, 3.63) is 5.28 Å². The first-order chi connectivity index (χ1) is 8.06. The Balaban J connectivity index is 2.81. The molecule has 0 bridgehead atoms. The third-order valence-corrected chi connectivity index (χ3v) is 2.40. The lowest BCUT2D eigenvalue weighted by atomic mass is 10.1. The summed E-state index contributed by atoms with van der Waals surface area (Å²) >= 11 is 5.76. The van der Waals surface area contributed by atoms with E-state index in [1.807, 2.05) is 0 Å². The minimum Gasteiger partial charge on any atom is -0.467 e. The van der Waals surface area contributed by atoms with Crippen molar-refractivity contribution in [2.45, 2.75) is 19.9 Å². The third-order valence-electron chi connectivity index (χ3n) is 2.24. The molecule has 1 atom stereocenters. The Labute approximate surface area is 106 Å². The van der Waals surface area contributed by atoms with Crippen LogP contribution in [0.2, 0.25) is 5.28 Å². The van der Waals surface area contributed by atoms with Crippen LogP contribution in [-0.4, -0.2) is 41.8 Å². The van der Waals surface area contributed by atoms with Crippen LogP contribution in [0.15, 0.2) is 0 Å². The van der Waals surface area contributed by atoms with Gasteiger partial charge in [-0.1, -0.05) is 13.8 Å². The van der Waals surface area contributed by atoms with Gasteiger partial charge in [-0.3, -0.25) is 0 Å². The molecule has 6 nitrogen and oxygen atoms in total. The van der Waals surface area contributed by atoms with Gasteiger partial charge in [0.2, 0.25) is 11.2 Å². The predicted octanol–water partition coefficient (Wildman–Crippen LogP) is 1.62. The molecule has 96 valence electrons. The highest BCUT2D eigenvalue weighted by Crippen LogP contribution is 2.14. The van der Waals surface area contributed by atoms with E-state index < -0.39 is 0 Å². The van der Waals surface area contributed by atoms with E-state index in [2.05, 4.69) is 34.1 Å². The number of halogens is 1. The molecular formula is C10H17ClN4O2. The van der Waals surface area contributed by atoms with E-state index in [1.54, 1.807) is 7.11 Å². The summed E-state index contributed by atoms with van der Waals surface area (Å²) in [5, 5.41) is 3.24. The monoisotopic (exact) mass is 260 g/mol. The molecule has 0 fully saturated rings. The van der Waals surface area contributed by atoms with Gasteiger partial charge in [0.15, 0.2) is 0 Å². The predicted molar refractivity (Wildman–Crippen MR) is 65.5 cm³/mol. The molecule has 0 saturated heterocycles. The van der Waals surface area contributed by atoms with E-state index >= 15 is 0 Å². The van der Waals surface area contributed by atoms with Crippen molar-refractivity contribution < 1.29 is 9.47 Å². The number of hydrogen-bond donors (Lipinski definition) is 1. The van der Waals surface area contributed by atoms with Gasteiger partial charge in [0.25, 0.3) is 0 Å². The Bertz CT molecular complexity index is 362. The normalized spacial score (nSPS) is 12.6. The van der Waals surface area contributed by atoms with Crippen LogP contribution in [0.25, 0.3) is 0 Å². The van der Waals surface area contributed by atoms with Crippen LogP contribution in [0, 0.1) is 5.92 Å². The average molecular weight is 261 g/mol. The Hall–Kier alpha value is -1.14. The summed E-state index contributed by atoms with van der Waals surface area (Å²) in [5.74, 6) is 0.758. The van der Waals surface area contributed by atoms with Crippen LogP contribution in [0.5, 0.6) is 6.01 Å². The van der Waals surface area contributed by atoms with Gasteiger partial charge in [0.1, 0.15) is 0 Å². The Kier molecular flexibility index (Phi) is 5.37. The Morgan fingerprint density at radius 1 is 1.24 bits per heavy atom. The lowest BCUT2D eigenvalue weighted by Crippen LogP contribution is -2.31. The molecule has 7 heteroatoms. The van der Waals surface area contributed by atoms with Gasteiger partial charge < -0.3 is 14.8 Å². The third kappa shape index (κ3) is 4.32. The van der Waals surface area contributed by atoms with E-state index in [1.165, 1.54) is 7.11 Å². The maximum atomic E-state index is 5.76. The molecule has 0 aliphatic heterocycles. The SMILES string of the molecule is COCC(Nc1nc(Cl)nc(OC)n1)C(C)C. The minimum absolute atomic E-state index is 0.0965. The zero-order valence-electron chi connectivity index (χ0n) is 10.4. The molecule has 0 radical (unpaired) electrons. The first-order valence-corrected chi connectivity index (χ1v) is 5.65. The molecule has 0 saturated carbocycles. The van der Waals surface area contributed by atoms with Gasteiger partial charge in [-0.2, -0.15) is 15.0 Å². The second-order valence-corrected chi connectivity index (χ2v) is 4.20. The molecule has 0 aliphatic rings. The molecule has 1 aromatic rings. The van der Waals surface area contributed by atoms with Gasteiger partial charge in [-0.15, -0.1) is 0 Å². The fourth-order valence-corrected chi connectivity index (χ4v) is 1.39. The van der Waals surface area contributed by atoms with Crippen LogP contribution in [-0.2, 0) is 4.74 Å². The largest absolute Gasteiger partial charge is 0.467 e. The van der Waals surface area contributed by atoms with Crippen molar-refractivity contribution in [2.24, 2.45) is 5.92 Å². The van der Waals surface area contributed by atoms with E-state index in [9.17, 15) is 0 Å². The smallest absolute Gasteiger partial charge is 0.322 e. The standard InChI is InChI=1S/C10H17ClN4O2/c1-6(2)7(5-16-3)12-9-13-8(11)14-10(15-9)17-4/h6-7H,5H2,1-4H3,(H,12,13,14,15). The molecule has 1 rings (SSSR count). The molecular weight excluding hydrogens is 244 g/mol. The zero-order chi connectivity index (χ0) is 12.8. The summed E-state index contributed by atoms with van der Waals surface area (Å²) < 4.78 is 10.0. The number of hydrogen-bond acceptors (Lipinski definition) is 6. The molecule has 0 spiro atoms. The van der Waals surface area contributed by atoms with Crippen molar-refractivity contribution in [2.75, 3.05) is 26.1 Å². The van der Waals surface area contributed by atoms with Crippen LogP contribution < -0.4 is 10.1 Å². The molecule has 1 unspecified atom stereocenters. The van der Waals surface area contributed by atoms with Crippen LogP contribution in [0.3, 0.4) is 0 Å². The molecule has 0 aliphatic carbocycles. The number of aromatic nitrogens is 3. The number of nitrogens with zero attached hydrogens (tertiary/aromatic N) is 3. The lowest BCUT2D eigenvalue weighted by molar-refractivity contribution is 0.170. The Morgan fingerprint density at radius 3 is 2.47 bits per heavy atom. The zero-order valence-corrected chi connectivity index (χ0v) is 11.2. The van der Waals surface area contributed by atoms with Crippen molar-refractivity contribution in [3.8, 4) is 6.01 Å². The molecule has 1 aromatic heterocycles. The summed E-state index contributed by atoms with van der Waals surface area (Å²) in [7, 11) is 3.13. The van der Waals surface area contributed by atoms with Crippen LogP contribution in [0.4, 0.5) is 5.95 Å². The molecule has 1 heterocycles. The highest BCUT2D eigenvalue weighted by Gasteiger charge is 2.15. The summed E-state index contributed by atoms with van der Waals surface area (Å²) in [6.07, 6.45) is 0. The summed E-state index contributed by atoms with van der Waals surface area (Å²) in [6, 6.07) is 0.288.